The number of hydrogen-bond donors (Lipinski definition) is 1. The smallest absolute Gasteiger partial charge is 0.248 e. The second kappa shape index (κ2) is 6.58. The number of rotatable bonds is 4. The molecule has 22 heavy (non-hydrogen) atoms. The van der Waals surface area contributed by atoms with Crippen LogP contribution in [-0.2, 0) is 6.54 Å². The molecule has 1 atom stereocenters. The van der Waals surface area contributed by atoms with Gasteiger partial charge in [-0.2, -0.15) is 0 Å². The number of piperidine rings is 1. The Morgan fingerprint density at radius 3 is 2.68 bits per heavy atom. The number of aromatic nitrogens is 2. The Morgan fingerprint density at radius 1 is 1.27 bits per heavy atom. The molecular formula is C17H23N3O2. The van der Waals surface area contributed by atoms with Gasteiger partial charge in [-0.25, -0.2) is 0 Å². The first-order valence-corrected chi connectivity index (χ1v) is 7.92. The zero-order valence-corrected chi connectivity index (χ0v) is 13.2. The van der Waals surface area contributed by atoms with Crippen LogP contribution >= 0.6 is 0 Å². The Hall–Kier alpha value is -1.72. The van der Waals surface area contributed by atoms with E-state index in [0.717, 1.165) is 37.1 Å². The first-order chi connectivity index (χ1) is 10.6. The summed E-state index contributed by atoms with van der Waals surface area (Å²) in [6, 6.07) is 8.02. The highest BCUT2D eigenvalue weighted by atomic mass is 16.4. The maximum absolute atomic E-state index is 9.65. The Morgan fingerprint density at radius 2 is 2.00 bits per heavy atom. The van der Waals surface area contributed by atoms with Crippen molar-refractivity contribution >= 4 is 0 Å². The van der Waals surface area contributed by atoms with Crippen molar-refractivity contribution in [2.45, 2.75) is 39.3 Å². The van der Waals surface area contributed by atoms with Crippen molar-refractivity contribution in [3.63, 3.8) is 0 Å². The van der Waals surface area contributed by atoms with Gasteiger partial charge in [-0.05, 0) is 57.3 Å². The van der Waals surface area contributed by atoms with Crippen LogP contribution in [0.1, 0.15) is 31.2 Å². The molecule has 5 heteroatoms. The van der Waals surface area contributed by atoms with Gasteiger partial charge in [0.05, 0.1) is 12.6 Å². The highest BCUT2D eigenvalue weighted by molar-refractivity contribution is 5.57. The van der Waals surface area contributed by atoms with Crippen molar-refractivity contribution in [1.82, 2.24) is 15.1 Å². The molecule has 1 N–H and O–H groups in total. The number of hydrogen-bond acceptors (Lipinski definition) is 5. The molecule has 1 saturated heterocycles. The van der Waals surface area contributed by atoms with Crippen molar-refractivity contribution in [2.75, 3.05) is 13.1 Å². The highest BCUT2D eigenvalue weighted by Crippen LogP contribution is 2.24. The number of aliphatic hydroxyl groups is 1. The molecule has 1 aliphatic heterocycles. The summed E-state index contributed by atoms with van der Waals surface area (Å²) in [5.41, 5.74) is 2.13. The maximum atomic E-state index is 9.65. The van der Waals surface area contributed by atoms with Crippen LogP contribution in [0.2, 0.25) is 0 Å². The van der Waals surface area contributed by atoms with Gasteiger partial charge in [0.15, 0.2) is 0 Å². The second-order valence-corrected chi connectivity index (χ2v) is 6.17. The van der Waals surface area contributed by atoms with Gasteiger partial charge in [0.1, 0.15) is 0 Å². The quantitative estimate of drug-likeness (QED) is 0.940. The van der Waals surface area contributed by atoms with E-state index >= 15 is 0 Å². The van der Waals surface area contributed by atoms with Gasteiger partial charge in [-0.15, -0.1) is 10.2 Å². The molecule has 0 bridgehead atoms. The average Bonchev–Trinajstić information content (AvgIpc) is 2.96. The number of aryl methyl sites for hydroxylation is 1. The maximum Gasteiger partial charge on any atom is 0.248 e. The second-order valence-electron chi connectivity index (χ2n) is 6.17. The van der Waals surface area contributed by atoms with Gasteiger partial charge in [0, 0.05) is 5.56 Å². The number of aliphatic hydroxyl groups excluding tert-OH is 1. The summed E-state index contributed by atoms with van der Waals surface area (Å²) in [5.74, 6) is 1.67. The van der Waals surface area contributed by atoms with Crippen LogP contribution in [0.3, 0.4) is 0 Å². The van der Waals surface area contributed by atoms with E-state index < -0.39 is 0 Å². The summed E-state index contributed by atoms with van der Waals surface area (Å²) in [6.45, 7) is 6.55. The van der Waals surface area contributed by atoms with Gasteiger partial charge in [-0.3, -0.25) is 4.90 Å². The standard InChI is InChI=1S/C17H23N3O2/c1-12-5-3-4-6-15(12)17-19-18-16(22-17)11-20-9-7-14(8-10-20)13(2)21/h3-6,13-14,21H,7-11H2,1-2H3. The lowest BCUT2D eigenvalue weighted by atomic mass is 9.92. The average molecular weight is 301 g/mol. The molecule has 2 heterocycles. The molecule has 118 valence electrons. The Balaban J connectivity index is 1.62. The number of benzene rings is 1. The third-order valence-electron chi connectivity index (χ3n) is 4.52. The normalized spacial score (nSPS) is 18.5. The van der Waals surface area contributed by atoms with Crippen LogP contribution in [0.5, 0.6) is 0 Å². The monoisotopic (exact) mass is 301 g/mol. The van der Waals surface area contributed by atoms with Crippen LogP contribution in [0.4, 0.5) is 0 Å². The summed E-state index contributed by atoms with van der Waals surface area (Å²) in [6.07, 6.45) is 1.84. The Kier molecular flexibility index (Phi) is 4.55. The predicted molar refractivity (Wildman–Crippen MR) is 84.2 cm³/mol. The van der Waals surface area contributed by atoms with Crippen molar-refractivity contribution in [3.8, 4) is 11.5 Å². The molecule has 0 saturated carbocycles. The lowest BCUT2D eigenvalue weighted by Gasteiger charge is -2.32. The van der Waals surface area contributed by atoms with E-state index in [1.807, 2.05) is 38.1 Å². The van der Waals surface area contributed by atoms with Crippen LogP contribution in [0.25, 0.3) is 11.5 Å². The lowest BCUT2D eigenvalue weighted by Crippen LogP contribution is -2.36. The topological polar surface area (TPSA) is 62.4 Å². The van der Waals surface area contributed by atoms with Gasteiger partial charge < -0.3 is 9.52 Å². The third-order valence-corrected chi connectivity index (χ3v) is 4.52. The van der Waals surface area contributed by atoms with Crippen molar-refractivity contribution in [2.24, 2.45) is 5.92 Å². The van der Waals surface area contributed by atoms with Gasteiger partial charge in [0.2, 0.25) is 11.8 Å². The summed E-state index contributed by atoms with van der Waals surface area (Å²) in [5, 5.41) is 18.0. The van der Waals surface area contributed by atoms with Gasteiger partial charge >= 0.3 is 0 Å². The fourth-order valence-corrected chi connectivity index (χ4v) is 3.02. The van der Waals surface area contributed by atoms with Crippen molar-refractivity contribution in [3.05, 3.63) is 35.7 Å². The number of likely N-dealkylation sites (tertiary alicyclic amines) is 1. The number of nitrogens with zero attached hydrogens (tertiary/aromatic N) is 3. The fraction of sp³-hybridized carbons (Fsp3) is 0.529. The molecular weight excluding hydrogens is 278 g/mol. The first kappa shape index (κ1) is 15.2. The molecule has 1 fully saturated rings. The molecule has 0 aliphatic carbocycles. The van der Waals surface area contributed by atoms with E-state index in [-0.39, 0.29) is 6.10 Å². The Bertz CT molecular complexity index is 616. The SMILES string of the molecule is Cc1ccccc1-c1nnc(CN2CCC(C(C)O)CC2)o1. The zero-order chi connectivity index (χ0) is 15.5. The van der Waals surface area contributed by atoms with Crippen molar-refractivity contribution in [1.29, 1.82) is 0 Å². The van der Waals surface area contributed by atoms with Crippen LogP contribution in [0, 0.1) is 12.8 Å². The fourth-order valence-electron chi connectivity index (χ4n) is 3.02. The molecule has 5 nitrogen and oxygen atoms in total. The van der Waals surface area contributed by atoms with E-state index in [0.29, 0.717) is 24.2 Å². The molecule has 0 radical (unpaired) electrons. The van der Waals surface area contributed by atoms with Crippen LogP contribution in [0.15, 0.2) is 28.7 Å². The lowest BCUT2D eigenvalue weighted by molar-refractivity contribution is 0.0668. The zero-order valence-electron chi connectivity index (χ0n) is 13.2. The van der Waals surface area contributed by atoms with E-state index in [9.17, 15) is 5.11 Å². The van der Waals surface area contributed by atoms with Gasteiger partial charge in [0.25, 0.3) is 0 Å². The largest absolute Gasteiger partial charge is 0.419 e. The molecule has 0 spiro atoms. The molecule has 1 aromatic heterocycles. The van der Waals surface area contributed by atoms with E-state index in [2.05, 4.69) is 15.1 Å². The minimum Gasteiger partial charge on any atom is -0.419 e. The highest BCUT2D eigenvalue weighted by Gasteiger charge is 2.23. The van der Waals surface area contributed by atoms with E-state index in [1.165, 1.54) is 0 Å². The minimum atomic E-state index is -0.210. The van der Waals surface area contributed by atoms with Crippen LogP contribution < -0.4 is 0 Å². The predicted octanol–water partition coefficient (Wildman–Crippen LogP) is 2.64. The van der Waals surface area contributed by atoms with Crippen LogP contribution in [-0.4, -0.2) is 39.4 Å². The Labute approximate surface area is 131 Å². The molecule has 3 rings (SSSR count). The molecule has 1 aliphatic rings. The summed E-state index contributed by atoms with van der Waals surface area (Å²) in [4.78, 5) is 2.31. The van der Waals surface area contributed by atoms with E-state index in [4.69, 9.17) is 4.42 Å². The van der Waals surface area contributed by atoms with E-state index in [1.54, 1.807) is 0 Å². The summed E-state index contributed by atoms with van der Waals surface area (Å²) < 4.78 is 5.81. The third kappa shape index (κ3) is 3.36. The molecule has 1 aromatic carbocycles. The molecule has 0 amide bonds. The first-order valence-electron chi connectivity index (χ1n) is 7.92. The van der Waals surface area contributed by atoms with Gasteiger partial charge in [-0.1, -0.05) is 18.2 Å². The van der Waals surface area contributed by atoms with Crippen molar-refractivity contribution < 1.29 is 9.52 Å². The molecule has 2 aromatic rings. The summed E-state index contributed by atoms with van der Waals surface area (Å²) in [7, 11) is 0. The molecule has 1 unspecified atom stereocenters. The summed E-state index contributed by atoms with van der Waals surface area (Å²) >= 11 is 0. The minimum absolute atomic E-state index is 0.210.